The lowest BCUT2D eigenvalue weighted by Crippen LogP contribution is -2.39. The van der Waals surface area contributed by atoms with Crippen molar-refractivity contribution in [2.24, 2.45) is 10.9 Å². The molecule has 0 fully saturated rings. The molecule has 0 bridgehead atoms. The van der Waals surface area contributed by atoms with Gasteiger partial charge in [0.05, 0.1) is 4.90 Å². The van der Waals surface area contributed by atoms with Gasteiger partial charge in [0.1, 0.15) is 11.9 Å². The predicted octanol–water partition coefficient (Wildman–Crippen LogP) is 2.42. The average Bonchev–Trinajstić information content (AvgIpc) is 2.91. The van der Waals surface area contributed by atoms with Crippen molar-refractivity contribution < 1.29 is 13.2 Å². The van der Waals surface area contributed by atoms with Crippen molar-refractivity contribution in [1.82, 2.24) is 10.0 Å². The third-order valence-corrected chi connectivity index (χ3v) is 6.18. The van der Waals surface area contributed by atoms with Gasteiger partial charge in [0.15, 0.2) is 0 Å². The molecule has 0 radical (unpaired) electrons. The summed E-state index contributed by atoms with van der Waals surface area (Å²) < 4.78 is 27.0. The van der Waals surface area contributed by atoms with Crippen molar-refractivity contribution in [3.05, 3.63) is 65.2 Å². The monoisotopic (exact) mass is 399 g/mol. The second kappa shape index (κ2) is 8.14. The van der Waals surface area contributed by atoms with E-state index in [0.717, 1.165) is 6.42 Å². The topological polar surface area (TPSA) is 87.6 Å². The molecule has 0 unspecified atom stereocenters. The van der Waals surface area contributed by atoms with Gasteiger partial charge in [-0.05, 0) is 42.5 Å². The number of sulfonamides is 1. The molecule has 1 amide bonds. The van der Waals surface area contributed by atoms with Gasteiger partial charge in [0.2, 0.25) is 5.91 Å². The first-order valence-corrected chi connectivity index (χ1v) is 10.8. The molecular formula is C21H25N3O3S. The first-order valence-electron chi connectivity index (χ1n) is 9.32. The molecule has 0 saturated heterocycles. The number of aryl methyl sites for hydroxylation is 1. The van der Waals surface area contributed by atoms with Gasteiger partial charge in [-0.25, -0.2) is 8.42 Å². The van der Waals surface area contributed by atoms with Gasteiger partial charge < -0.3 is 5.32 Å². The van der Waals surface area contributed by atoms with Crippen molar-refractivity contribution in [2.75, 3.05) is 6.54 Å². The van der Waals surface area contributed by atoms with Gasteiger partial charge >= 0.3 is 0 Å². The van der Waals surface area contributed by atoms with E-state index < -0.39 is 16.1 Å². The fourth-order valence-corrected chi connectivity index (χ4v) is 4.43. The number of nitrogens with one attached hydrogen (secondary N) is 2. The number of amidine groups is 1. The first-order chi connectivity index (χ1) is 13.3. The van der Waals surface area contributed by atoms with Crippen LogP contribution in [0.4, 0.5) is 0 Å². The molecule has 2 aromatic carbocycles. The number of amides is 1. The Kier molecular flexibility index (Phi) is 5.84. The molecule has 28 heavy (non-hydrogen) atoms. The number of aliphatic imine (C=N–C) groups is 1. The highest BCUT2D eigenvalue weighted by Gasteiger charge is 2.32. The SMILES string of the molecule is Cc1ccccc1CCNC(=O)[C@@H](N=C1NS(=O)(=O)c2ccccc21)C(C)C. The van der Waals surface area contributed by atoms with E-state index in [4.69, 9.17) is 0 Å². The normalized spacial score (nSPS) is 17.2. The van der Waals surface area contributed by atoms with Crippen LogP contribution in [0.1, 0.15) is 30.5 Å². The number of benzene rings is 2. The second-order valence-electron chi connectivity index (χ2n) is 7.24. The Bertz CT molecular complexity index is 1010. The smallest absolute Gasteiger partial charge is 0.263 e. The molecule has 1 aliphatic rings. The van der Waals surface area contributed by atoms with Crippen LogP contribution < -0.4 is 10.0 Å². The highest BCUT2D eigenvalue weighted by atomic mass is 32.2. The molecule has 1 aliphatic heterocycles. The van der Waals surface area contributed by atoms with Crippen molar-refractivity contribution in [1.29, 1.82) is 0 Å². The molecule has 6 nitrogen and oxygen atoms in total. The Morgan fingerprint density at radius 1 is 1.11 bits per heavy atom. The molecule has 148 valence electrons. The Morgan fingerprint density at radius 3 is 2.50 bits per heavy atom. The summed E-state index contributed by atoms with van der Waals surface area (Å²) in [6.45, 7) is 6.33. The maximum absolute atomic E-state index is 12.7. The van der Waals surface area contributed by atoms with Crippen molar-refractivity contribution >= 4 is 21.8 Å². The fraction of sp³-hybridized carbons (Fsp3) is 0.333. The highest BCUT2D eigenvalue weighted by molar-refractivity contribution is 7.90. The van der Waals surface area contributed by atoms with Gasteiger partial charge in [-0.2, -0.15) is 0 Å². The van der Waals surface area contributed by atoms with Crippen LogP contribution in [0.3, 0.4) is 0 Å². The molecule has 2 aromatic rings. The highest BCUT2D eigenvalue weighted by Crippen LogP contribution is 2.23. The summed E-state index contributed by atoms with van der Waals surface area (Å²) in [5.41, 5.74) is 2.88. The Hall–Kier alpha value is -2.67. The van der Waals surface area contributed by atoms with Gasteiger partial charge in [0.25, 0.3) is 10.0 Å². The quantitative estimate of drug-likeness (QED) is 0.782. The third kappa shape index (κ3) is 4.25. The van der Waals surface area contributed by atoms with E-state index in [1.165, 1.54) is 17.2 Å². The zero-order valence-electron chi connectivity index (χ0n) is 16.3. The zero-order chi connectivity index (χ0) is 20.3. The second-order valence-corrected chi connectivity index (χ2v) is 8.89. The summed E-state index contributed by atoms with van der Waals surface area (Å²) in [6.07, 6.45) is 0.731. The van der Waals surface area contributed by atoms with Crippen molar-refractivity contribution in [2.45, 2.75) is 38.1 Å². The maximum Gasteiger partial charge on any atom is 0.263 e. The van der Waals surface area contributed by atoms with Crippen LogP contribution in [0.25, 0.3) is 0 Å². The summed E-state index contributed by atoms with van der Waals surface area (Å²) in [7, 11) is -3.62. The lowest BCUT2D eigenvalue weighted by Gasteiger charge is -2.17. The third-order valence-electron chi connectivity index (χ3n) is 4.79. The van der Waals surface area contributed by atoms with E-state index in [0.29, 0.717) is 12.1 Å². The van der Waals surface area contributed by atoms with E-state index in [1.807, 2.05) is 45.0 Å². The van der Waals surface area contributed by atoms with E-state index in [9.17, 15) is 13.2 Å². The Balaban J connectivity index is 1.74. The Morgan fingerprint density at radius 2 is 1.79 bits per heavy atom. The van der Waals surface area contributed by atoms with Crippen LogP contribution in [-0.4, -0.2) is 32.7 Å². The zero-order valence-corrected chi connectivity index (χ0v) is 17.1. The molecule has 3 rings (SSSR count). The van der Waals surface area contributed by atoms with Crippen LogP contribution >= 0.6 is 0 Å². The number of carbonyl (C=O) groups is 1. The largest absolute Gasteiger partial charge is 0.354 e. The summed E-state index contributed by atoms with van der Waals surface area (Å²) in [5, 5.41) is 2.94. The van der Waals surface area contributed by atoms with Gasteiger partial charge in [-0.15, -0.1) is 0 Å². The minimum atomic E-state index is -3.62. The molecule has 1 atom stereocenters. The number of hydrogen-bond donors (Lipinski definition) is 2. The summed E-state index contributed by atoms with van der Waals surface area (Å²) in [5.74, 6) is -0.0637. The van der Waals surface area contributed by atoms with Crippen LogP contribution in [0.2, 0.25) is 0 Å². The number of hydrogen-bond acceptors (Lipinski definition) is 4. The van der Waals surface area contributed by atoms with Crippen LogP contribution in [0.5, 0.6) is 0 Å². The standard InChI is InChI=1S/C21H25N3O3S/c1-14(2)19(21(25)22-13-12-16-9-5-4-8-15(16)3)23-20-17-10-6-7-11-18(17)28(26,27)24-20/h4-11,14,19H,12-13H2,1-3H3,(H,22,25)(H,23,24)/t19-/m0/s1. The summed E-state index contributed by atoms with van der Waals surface area (Å²) >= 11 is 0. The summed E-state index contributed by atoms with van der Waals surface area (Å²) in [4.78, 5) is 17.4. The number of carbonyl (C=O) groups excluding carboxylic acids is 1. The van der Waals surface area contributed by atoms with Gasteiger partial charge in [-0.1, -0.05) is 50.2 Å². The van der Waals surface area contributed by atoms with E-state index in [1.54, 1.807) is 18.2 Å². The van der Waals surface area contributed by atoms with Gasteiger partial charge in [-0.3, -0.25) is 14.5 Å². The van der Waals surface area contributed by atoms with Crippen LogP contribution in [-0.2, 0) is 21.2 Å². The molecule has 1 heterocycles. The van der Waals surface area contributed by atoms with Gasteiger partial charge in [0, 0.05) is 12.1 Å². The molecule has 2 N–H and O–H groups in total. The van der Waals surface area contributed by atoms with Crippen molar-refractivity contribution in [3.8, 4) is 0 Å². The molecule has 0 saturated carbocycles. The molecule has 7 heteroatoms. The average molecular weight is 400 g/mol. The molecule has 0 aromatic heterocycles. The molecule has 0 aliphatic carbocycles. The van der Waals surface area contributed by atoms with Crippen LogP contribution in [0.15, 0.2) is 58.4 Å². The first kappa shape index (κ1) is 20.1. The predicted molar refractivity (Wildman–Crippen MR) is 110 cm³/mol. The number of fused-ring (bicyclic) bond motifs is 1. The molecular weight excluding hydrogens is 374 g/mol. The molecule has 0 spiro atoms. The minimum absolute atomic E-state index is 0.0803. The van der Waals surface area contributed by atoms with Crippen LogP contribution in [0, 0.1) is 12.8 Å². The lowest BCUT2D eigenvalue weighted by atomic mass is 10.0. The van der Waals surface area contributed by atoms with Crippen molar-refractivity contribution in [3.63, 3.8) is 0 Å². The van der Waals surface area contributed by atoms with E-state index in [-0.39, 0.29) is 22.6 Å². The maximum atomic E-state index is 12.7. The Labute approximate surface area is 166 Å². The number of rotatable bonds is 6. The lowest BCUT2D eigenvalue weighted by molar-refractivity contribution is -0.123. The fourth-order valence-electron chi connectivity index (χ4n) is 3.19. The minimum Gasteiger partial charge on any atom is -0.354 e. The number of nitrogens with zero attached hydrogens (tertiary/aromatic N) is 1. The van der Waals surface area contributed by atoms with E-state index >= 15 is 0 Å². The summed E-state index contributed by atoms with van der Waals surface area (Å²) in [6, 6.07) is 14.0. The van der Waals surface area contributed by atoms with E-state index in [2.05, 4.69) is 15.0 Å².